The number of hydrogen-bond acceptors (Lipinski definition) is 8. The van der Waals surface area contributed by atoms with Gasteiger partial charge in [0.1, 0.15) is 27.0 Å². The number of nitrogens with one attached hydrogen (secondary N) is 3. The van der Waals surface area contributed by atoms with Crippen LogP contribution in [0.1, 0.15) is 74.7 Å². The highest BCUT2D eigenvalue weighted by atomic mass is 35.5. The summed E-state index contributed by atoms with van der Waals surface area (Å²) in [7, 11) is -3.89. The molecule has 0 bridgehead atoms. The van der Waals surface area contributed by atoms with Gasteiger partial charge in [0.2, 0.25) is 0 Å². The highest BCUT2D eigenvalue weighted by molar-refractivity contribution is 7.94. The molecular weight excluding hydrogens is 556 g/mol. The van der Waals surface area contributed by atoms with Crippen LogP contribution in [0.5, 0.6) is 0 Å². The molecule has 0 aromatic carbocycles. The predicted molar refractivity (Wildman–Crippen MR) is 145 cm³/mol. The number of hydrogen-bond donors (Lipinski definition) is 3. The van der Waals surface area contributed by atoms with Gasteiger partial charge in [-0.2, -0.15) is 0 Å². The number of carbonyl (C=O) groups is 4. The van der Waals surface area contributed by atoms with Crippen LogP contribution in [0.25, 0.3) is 0 Å². The first-order valence-electron chi connectivity index (χ1n) is 12.1. The first kappa shape index (κ1) is 31.8. The number of thiophene rings is 1. The highest BCUT2D eigenvalue weighted by Gasteiger charge is 2.53. The molecule has 3 N–H and O–H groups in total. The van der Waals surface area contributed by atoms with Gasteiger partial charge in [-0.05, 0) is 72.8 Å². The fraction of sp³-hybridized carbons (Fsp3) is 0.667. The van der Waals surface area contributed by atoms with Crippen LogP contribution in [0.15, 0.2) is 20.0 Å². The molecule has 2 rings (SSSR count). The van der Waals surface area contributed by atoms with Crippen molar-refractivity contribution in [3.63, 3.8) is 0 Å². The molecule has 1 unspecified atom stereocenters. The normalized spacial score (nSPS) is 17.0. The summed E-state index contributed by atoms with van der Waals surface area (Å²) in [5.41, 5.74) is -2.94. The number of amides is 4. The molecule has 1 aromatic heterocycles. The lowest BCUT2D eigenvalue weighted by Gasteiger charge is -2.24. The molecule has 1 fully saturated rings. The fourth-order valence-electron chi connectivity index (χ4n) is 3.15. The van der Waals surface area contributed by atoms with E-state index in [-0.39, 0.29) is 34.4 Å². The van der Waals surface area contributed by atoms with E-state index in [0.29, 0.717) is 0 Å². The van der Waals surface area contributed by atoms with Crippen molar-refractivity contribution >= 4 is 56.9 Å². The van der Waals surface area contributed by atoms with Gasteiger partial charge in [0.05, 0.1) is 5.02 Å². The lowest BCUT2D eigenvalue weighted by Crippen LogP contribution is -2.51. The van der Waals surface area contributed by atoms with E-state index in [0.717, 1.165) is 11.3 Å². The molecule has 214 valence electrons. The maximum atomic E-state index is 14.1. The van der Waals surface area contributed by atoms with Gasteiger partial charge in [0.15, 0.2) is 9.92 Å². The average Bonchev–Trinajstić information content (AvgIpc) is 3.34. The van der Waals surface area contributed by atoms with Crippen molar-refractivity contribution in [2.75, 3.05) is 0 Å². The van der Waals surface area contributed by atoms with Crippen LogP contribution in [0.2, 0.25) is 5.02 Å². The topological polar surface area (TPSA) is 152 Å². The Morgan fingerprint density at radius 1 is 1.08 bits per heavy atom. The Bertz CT molecular complexity index is 1190. The van der Waals surface area contributed by atoms with Crippen molar-refractivity contribution in [1.82, 2.24) is 15.4 Å². The van der Waals surface area contributed by atoms with Crippen molar-refractivity contribution in [1.29, 1.82) is 0 Å². The average molecular weight is 593 g/mol. The monoisotopic (exact) mass is 592 g/mol. The Kier molecular flexibility index (Phi) is 9.87. The predicted octanol–water partition coefficient (Wildman–Crippen LogP) is 4.78. The number of alkyl carbamates (subject to hydrolysis) is 2. The summed E-state index contributed by atoms with van der Waals surface area (Å²) in [6.07, 6.45) is -0.895. The summed E-state index contributed by atoms with van der Waals surface area (Å²) in [6.45, 7) is 13.8. The number of rotatable bonds is 8. The van der Waals surface area contributed by atoms with Crippen LogP contribution >= 0.6 is 22.9 Å². The summed E-state index contributed by atoms with van der Waals surface area (Å²) in [4.78, 5) is 51.2. The summed E-state index contributed by atoms with van der Waals surface area (Å²) in [5, 5.41) is 6.75. The lowest BCUT2D eigenvalue weighted by atomic mass is 10.0. The maximum absolute atomic E-state index is 14.1. The minimum atomic E-state index is -3.89. The summed E-state index contributed by atoms with van der Waals surface area (Å²) in [6, 6.07) is 0.179. The Hall–Kier alpha value is -2.38. The van der Waals surface area contributed by atoms with E-state index >= 15 is 0 Å². The Morgan fingerprint density at radius 3 is 2.08 bits per heavy atom. The van der Waals surface area contributed by atoms with Crippen molar-refractivity contribution < 1.29 is 32.9 Å². The van der Waals surface area contributed by atoms with E-state index < -0.39 is 56.7 Å². The first-order chi connectivity index (χ1) is 17.2. The minimum absolute atomic E-state index is 0.0383. The molecule has 2 atom stereocenters. The van der Waals surface area contributed by atoms with Gasteiger partial charge < -0.3 is 20.1 Å². The lowest BCUT2D eigenvalue weighted by molar-refractivity contribution is -0.122. The van der Waals surface area contributed by atoms with Gasteiger partial charge in [0.25, 0.3) is 11.8 Å². The van der Waals surface area contributed by atoms with Crippen LogP contribution in [-0.4, -0.2) is 51.0 Å². The Balaban J connectivity index is 2.38. The molecular formula is C24H37ClN4O7S2. The molecule has 4 amide bonds. The number of ether oxygens (including phenoxy) is 2. The second-order valence-corrected chi connectivity index (χ2v) is 15.0. The summed E-state index contributed by atoms with van der Waals surface area (Å²) >= 11 is 6.98. The van der Waals surface area contributed by atoms with Crippen molar-refractivity contribution in [2.24, 2.45) is 10.3 Å². The molecule has 0 radical (unpaired) electrons. The molecule has 11 nitrogen and oxygen atoms in total. The number of halogens is 1. The van der Waals surface area contributed by atoms with Gasteiger partial charge in [-0.25, -0.2) is 13.8 Å². The molecule has 0 aliphatic heterocycles. The van der Waals surface area contributed by atoms with Crippen molar-refractivity contribution in [3.05, 3.63) is 16.5 Å². The molecule has 1 aromatic rings. The van der Waals surface area contributed by atoms with Crippen LogP contribution in [0, 0.1) is 5.92 Å². The molecule has 0 spiro atoms. The molecule has 38 heavy (non-hydrogen) atoms. The van der Waals surface area contributed by atoms with E-state index in [4.69, 9.17) is 21.1 Å². The largest absolute Gasteiger partial charge is 0.444 e. The summed E-state index contributed by atoms with van der Waals surface area (Å²) in [5.74, 6) is -1.73. The van der Waals surface area contributed by atoms with Gasteiger partial charge in [-0.15, -0.1) is 15.7 Å². The highest BCUT2D eigenvalue weighted by Crippen LogP contribution is 2.37. The molecule has 1 saturated carbocycles. The SMILES string of the molecule is CC(C)C[C@H](NC(=O)OC(C)(C)C)C(=O)N=S(=O)(NC(=O)C1(NC(=O)OC(C)(C)C)CC1)c1cc(Cl)cs1. The zero-order valence-electron chi connectivity index (χ0n) is 22.9. The van der Waals surface area contributed by atoms with Crippen LogP contribution in [-0.2, 0) is 29.0 Å². The maximum Gasteiger partial charge on any atom is 0.408 e. The van der Waals surface area contributed by atoms with E-state index in [1.54, 1.807) is 41.5 Å². The van der Waals surface area contributed by atoms with Crippen LogP contribution in [0.4, 0.5) is 9.59 Å². The van der Waals surface area contributed by atoms with Crippen LogP contribution in [0.3, 0.4) is 0 Å². The van der Waals surface area contributed by atoms with Gasteiger partial charge in [0, 0.05) is 5.38 Å². The second kappa shape index (κ2) is 11.8. The third-order valence-corrected chi connectivity index (χ3v) is 8.49. The van der Waals surface area contributed by atoms with E-state index in [9.17, 15) is 23.4 Å². The fourth-order valence-corrected chi connectivity index (χ4v) is 6.26. The quantitative estimate of drug-likeness (QED) is 0.392. The van der Waals surface area contributed by atoms with E-state index in [2.05, 4.69) is 19.7 Å². The standard InChI is InChI=1S/C24H37ClN4O7S2/c1-14(2)11-16(26-20(32)35-22(3,4)5)18(30)28-38(34,17-12-15(25)13-37-17)29-19(31)24(9-10-24)27-21(33)36-23(6,7)8/h12-14,16H,9-11H2,1-8H3,(H,26,32)(H,27,33)(H,28,29,30,31,34)/t16-,38?/m0/s1. The molecule has 1 heterocycles. The molecule has 1 aliphatic rings. The number of carbonyl (C=O) groups excluding carboxylic acids is 4. The van der Waals surface area contributed by atoms with E-state index in [1.165, 1.54) is 11.4 Å². The smallest absolute Gasteiger partial charge is 0.408 e. The zero-order chi connectivity index (χ0) is 29.1. The first-order valence-corrected chi connectivity index (χ1v) is 14.9. The third kappa shape index (κ3) is 9.73. The Morgan fingerprint density at radius 2 is 1.63 bits per heavy atom. The van der Waals surface area contributed by atoms with Crippen LogP contribution < -0.4 is 15.4 Å². The zero-order valence-corrected chi connectivity index (χ0v) is 25.3. The summed E-state index contributed by atoms with van der Waals surface area (Å²) < 4.78 is 30.9. The Labute approximate surface area is 233 Å². The van der Waals surface area contributed by atoms with Gasteiger partial charge >= 0.3 is 12.2 Å². The third-order valence-electron chi connectivity index (χ3n) is 4.89. The molecule has 1 aliphatic carbocycles. The van der Waals surface area contributed by atoms with Crippen molar-refractivity contribution in [2.45, 2.75) is 102 Å². The van der Waals surface area contributed by atoms with Crippen molar-refractivity contribution in [3.8, 4) is 0 Å². The van der Waals surface area contributed by atoms with E-state index in [1.807, 2.05) is 13.8 Å². The number of nitrogens with zero attached hydrogens (tertiary/aromatic N) is 1. The van der Waals surface area contributed by atoms with Gasteiger partial charge in [-0.1, -0.05) is 25.4 Å². The molecule has 0 saturated heterocycles. The van der Waals surface area contributed by atoms with Gasteiger partial charge in [-0.3, -0.25) is 14.3 Å². The molecule has 14 heteroatoms. The second-order valence-electron chi connectivity index (χ2n) is 11.5. The minimum Gasteiger partial charge on any atom is -0.444 e.